The van der Waals surface area contributed by atoms with Gasteiger partial charge in [-0.25, -0.2) is 0 Å². The number of nitrogens with zero attached hydrogens (tertiary/aromatic N) is 2. The second kappa shape index (κ2) is 14.4. The summed E-state index contributed by atoms with van der Waals surface area (Å²) < 4.78 is 2.59. The molecule has 0 radical (unpaired) electrons. The number of thiophene rings is 1. The lowest BCUT2D eigenvalue weighted by Crippen LogP contribution is -2.26. The molecule has 2 aliphatic carbocycles. The van der Waals surface area contributed by atoms with Gasteiger partial charge in [-0.1, -0.05) is 158 Å². The molecule has 0 saturated carbocycles. The molecule has 0 N–H and O–H groups in total. The summed E-state index contributed by atoms with van der Waals surface area (Å²) >= 11 is 1.87. The van der Waals surface area contributed by atoms with Crippen LogP contribution in [0.1, 0.15) is 38.9 Å². The van der Waals surface area contributed by atoms with Crippen molar-refractivity contribution in [2.45, 2.75) is 26.2 Å². The van der Waals surface area contributed by atoms with Gasteiger partial charge in [-0.05, 0) is 142 Å². The van der Waals surface area contributed by atoms with Gasteiger partial charge in [0.2, 0.25) is 0 Å². The molecule has 0 fully saturated rings. The zero-order chi connectivity index (χ0) is 43.4. The Bertz CT molecular complexity index is 3650. The van der Waals surface area contributed by atoms with Gasteiger partial charge in [-0.3, -0.25) is 0 Å². The first kappa shape index (κ1) is 37.8. The minimum Gasteiger partial charge on any atom is -0.310 e. The Morgan fingerprint density at radius 3 is 1.49 bits per heavy atom. The average Bonchev–Trinajstić information content (AvgIpc) is 3.98. The van der Waals surface area contributed by atoms with E-state index in [-0.39, 0.29) is 0 Å². The molecule has 0 atom stereocenters. The average molecular weight is 849 g/mol. The molecule has 2 aliphatic rings. The lowest BCUT2D eigenvalue weighted by atomic mass is 9.70. The van der Waals surface area contributed by atoms with E-state index >= 15 is 0 Å². The summed E-state index contributed by atoms with van der Waals surface area (Å²) in [7, 11) is 0. The Morgan fingerprint density at radius 2 is 0.846 bits per heavy atom. The van der Waals surface area contributed by atoms with Gasteiger partial charge in [0.25, 0.3) is 0 Å². The van der Waals surface area contributed by atoms with Crippen molar-refractivity contribution in [2.24, 2.45) is 0 Å². The number of anilines is 6. The summed E-state index contributed by atoms with van der Waals surface area (Å²) in [5, 5.41) is 5.05. The summed E-state index contributed by atoms with van der Waals surface area (Å²) in [6.45, 7) is 6.70. The molecule has 65 heavy (non-hydrogen) atoms. The van der Waals surface area contributed by atoms with Crippen LogP contribution in [0.3, 0.4) is 0 Å². The second-order valence-electron chi connectivity index (χ2n) is 17.7. The van der Waals surface area contributed by atoms with E-state index < -0.39 is 5.41 Å². The van der Waals surface area contributed by atoms with Gasteiger partial charge in [-0.15, -0.1) is 11.3 Å². The highest BCUT2D eigenvalue weighted by Crippen LogP contribution is 2.65. The molecule has 0 unspecified atom stereocenters. The minimum atomic E-state index is -0.603. The fraction of sp³-hybridized carbons (Fsp3) is 0.0645. The van der Waals surface area contributed by atoms with Gasteiger partial charge in [0, 0.05) is 48.3 Å². The van der Waals surface area contributed by atoms with Crippen molar-refractivity contribution < 1.29 is 0 Å². The molecule has 2 nitrogen and oxygen atoms in total. The van der Waals surface area contributed by atoms with Crippen molar-refractivity contribution in [3.63, 3.8) is 0 Å². The van der Waals surface area contributed by atoms with E-state index in [0.717, 1.165) is 5.69 Å². The first-order valence-corrected chi connectivity index (χ1v) is 23.4. The summed E-state index contributed by atoms with van der Waals surface area (Å²) in [5.74, 6) is 0. The normalized spacial score (nSPS) is 13.0. The molecule has 11 aromatic rings. The maximum absolute atomic E-state index is 2.58. The smallest absolute Gasteiger partial charge is 0.0727 e. The first-order valence-electron chi connectivity index (χ1n) is 22.6. The van der Waals surface area contributed by atoms with Crippen molar-refractivity contribution in [2.75, 3.05) is 9.80 Å². The van der Waals surface area contributed by atoms with E-state index in [1.165, 1.54) is 121 Å². The molecular weight excluding hydrogens is 805 g/mol. The molecule has 1 spiro atoms. The number of fused-ring (bicyclic) bond motifs is 15. The van der Waals surface area contributed by atoms with Crippen LogP contribution in [0.2, 0.25) is 0 Å². The van der Waals surface area contributed by atoms with Crippen LogP contribution in [0.4, 0.5) is 34.1 Å². The van der Waals surface area contributed by atoms with Gasteiger partial charge in [-0.2, -0.15) is 0 Å². The molecule has 1 aromatic heterocycles. The monoisotopic (exact) mass is 848 g/mol. The van der Waals surface area contributed by atoms with Crippen LogP contribution in [-0.2, 0) is 5.41 Å². The van der Waals surface area contributed by atoms with E-state index in [2.05, 4.69) is 243 Å². The Balaban J connectivity index is 1.17. The molecular formula is C62H44N2S. The summed E-state index contributed by atoms with van der Waals surface area (Å²) in [5.41, 5.74) is 20.5. The first-order chi connectivity index (χ1) is 32.0. The molecule has 1 heterocycles. The highest BCUT2D eigenvalue weighted by atomic mass is 32.1. The van der Waals surface area contributed by atoms with E-state index in [0.29, 0.717) is 0 Å². The van der Waals surface area contributed by atoms with Crippen LogP contribution in [-0.4, -0.2) is 0 Å². The highest BCUT2D eigenvalue weighted by Gasteiger charge is 2.53. The van der Waals surface area contributed by atoms with Crippen molar-refractivity contribution in [1.82, 2.24) is 0 Å². The van der Waals surface area contributed by atoms with Gasteiger partial charge in [0.15, 0.2) is 0 Å². The number of rotatable bonds is 6. The van der Waals surface area contributed by atoms with Gasteiger partial charge < -0.3 is 9.80 Å². The number of aryl methyl sites for hydroxylation is 3. The predicted octanol–water partition coefficient (Wildman–Crippen LogP) is 17.4. The van der Waals surface area contributed by atoms with Gasteiger partial charge >= 0.3 is 0 Å². The molecule has 0 saturated heterocycles. The highest BCUT2D eigenvalue weighted by molar-refractivity contribution is 7.26. The van der Waals surface area contributed by atoms with Crippen molar-refractivity contribution in [3.8, 4) is 22.3 Å². The lowest BCUT2D eigenvalue weighted by molar-refractivity contribution is 0.794. The minimum absolute atomic E-state index is 0.603. The quantitative estimate of drug-likeness (QED) is 0.164. The Morgan fingerprint density at radius 1 is 0.338 bits per heavy atom. The third-order valence-corrected chi connectivity index (χ3v) is 15.4. The van der Waals surface area contributed by atoms with Crippen LogP contribution in [0.15, 0.2) is 212 Å². The molecule has 0 amide bonds. The maximum Gasteiger partial charge on any atom is 0.0727 e. The Labute approximate surface area is 383 Å². The number of hydrogen-bond donors (Lipinski definition) is 0. The largest absolute Gasteiger partial charge is 0.310 e. The van der Waals surface area contributed by atoms with E-state index in [1.807, 2.05) is 11.3 Å². The lowest BCUT2D eigenvalue weighted by Gasteiger charge is -2.34. The summed E-state index contributed by atoms with van der Waals surface area (Å²) in [4.78, 5) is 5.05. The molecule has 308 valence electrons. The SMILES string of the molecule is Cc1ccccc1N(c1ccc2c(c1)C1(c3ccccc3-c3ccccc31)c1cc(N(c3ccccc3C)c3cccc4sc5ccccc5c34)c3ccccc3c1-2)c1ccccc1C. The van der Waals surface area contributed by atoms with Crippen LogP contribution in [0, 0.1) is 20.8 Å². The second-order valence-corrected chi connectivity index (χ2v) is 18.8. The fourth-order valence-corrected chi connectivity index (χ4v) is 12.6. The standard InChI is InChI=1S/C62H44N2S/c1-39-19-4-14-29-53(39)63(54-30-15-5-20-40(54)2)42-35-36-47-51(37-42)62(49-27-12-9-22-43(49)44-23-10-13-28-50(44)62)52-38-57(45-24-7-8-25-46(45)60(47)52)64(55-31-16-6-21-41(55)3)56-32-18-34-59-61(56)48-26-11-17-33-58(48)65-59/h4-38H,1-3H3. The van der Waals surface area contributed by atoms with Crippen LogP contribution in [0.25, 0.3) is 53.2 Å². The Kier molecular flexibility index (Phi) is 8.38. The molecule has 3 heteroatoms. The molecule has 13 rings (SSSR count). The fourth-order valence-electron chi connectivity index (χ4n) is 11.5. The topological polar surface area (TPSA) is 6.48 Å². The molecule has 0 bridgehead atoms. The summed E-state index contributed by atoms with van der Waals surface area (Å²) in [6.07, 6.45) is 0. The molecule has 10 aromatic carbocycles. The maximum atomic E-state index is 2.58. The van der Waals surface area contributed by atoms with Gasteiger partial charge in [0.1, 0.15) is 0 Å². The van der Waals surface area contributed by atoms with E-state index in [4.69, 9.17) is 0 Å². The van der Waals surface area contributed by atoms with Crippen LogP contribution < -0.4 is 9.80 Å². The van der Waals surface area contributed by atoms with E-state index in [9.17, 15) is 0 Å². The predicted molar refractivity (Wildman–Crippen MR) is 277 cm³/mol. The number of hydrogen-bond acceptors (Lipinski definition) is 3. The number of para-hydroxylation sites is 3. The molecule has 0 aliphatic heterocycles. The zero-order valence-electron chi connectivity index (χ0n) is 36.5. The van der Waals surface area contributed by atoms with Gasteiger partial charge in [0.05, 0.1) is 16.8 Å². The van der Waals surface area contributed by atoms with Crippen molar-refractivity contribution in [1.29, 1.82) is 0 Å². The Hall–Kier alpha value is -7.72. The van der Waals surface area contributed by atoms with Crippen LogP contribution in [0.5, 0.6) is 0 Å². The van der Waals surface area contributed by atoms with E-state index in [1.54, 1.807) is 0 Å². The third-order valence-electron chi connectivity index (χ3n) is 14.2. The van der Waals surface area contributed by atoms with Crippen LogP contribution >= 0.6 is 11.3 Å². The van der Waals surface area contributed by atoms with Crippen molar-refractivity contribution >= 4 is 76.4 Å². The zero-order valence-corrected chi connectivity index (χ0v) is 37.3. The summed E-state index contributed by atoms with van der Waals surface area (Å²) in [6, 6.07) is 79.6. The third kappa shape index (κ3) is 5.34. The van der Waals surface area contributed by atoms with Crippen molar-refractivity contribution in [3.05, 3.63) is 251 Å². The number of benzene rings is 10.